The van der Waals surface area contributed by atoms with Crippen LogP contribution in [0.3, 0.4) is 0 Å². The highest BCUT2D eigenvalue weighted by atomic mass is 33.1. The quantitative estimate of drug-likeness (QED) is 0.414. The zero-order valence-corrected chi connectivity index (χ0v) is 23.9. The van der Waals surface area contributed by atoms with E-state index < -0.39 is 24.6 Å². The van der Waals surface area contributed by atoms with Gasteiger partial charge in [-0.25, -0.2) is 0 Å². The van der Waals surface area contributed by atoms with Crippen LogP contribution < -0.4 is 0 Å². The van der Waals surface area contributed by atoms with E-state index in [1.807, 2.05) is 20.8 Å². The monoisotopic (exact) mass is 562 g/mol. The maximum absolute atomic E-state index is 9.76. The molecule has 2 saturated heterocycles. The van der Waals surface area contributed by atoms with Gasteiger partial charge in [-0.2, -0.15) is 0 Å². The summed E-state index contributed by atoms with van der Waals surface area (Å²) >= 11 is 15.6. The summed E-state index contributed by atoms with van der Waals surface area (Å²) in [5, 5.41) is 29.1. The second kappa shape index (κ2) is 20.5. The first-order valence-corrected chi connectivity index (χ1v) is 14.5. The maximum Gasteiger partial charge on any atom is 0.184 e. The van der Waals surface area contributed by atoms with Gasteiger partial charge in [0.15, 0.2) is 12.6 Å². The van der Waals surface area contributed by atoms with E-state index in [2.05, 4.69) is 57.9 Å². The molecule has 12 heteroatoms. The molecule has 2 aliphatic rings. The average Bonchev–Trinajstić information content (AvgIpc) is 2.81. The Kier molecular flexibility index (Phi) is 22.0. The van der Waals surface area contributed by atoms with Crippen LogP contribution in [0.2, 0.25) is 0 Å². The lowest BCUT2D eigenvalue weighted by atomic mass is 9.85. The Balaban J connectivity index is 0. The summed E-state index contributed by atoms with van der Waals surface area (Å²) < 4.78 is 21.6. The standard InChI is InChI=1S/C11H20O3.C10H18O4.S3.S2/c1-5-6-13-11-8(3)7(2)10(12)9(4)14-11;1-4-5-13-10-9(12)6(2)8(11)7(3)14-10;1-3-2;1-2/h5,7-12H,1,6H2,2-4H3;4,6-12H,1,5H2,2-3H3;;/t7?,8-,9?,10-,11+;6?,7?,8-,9-,10+;;/m11../s1. The molecule has 3 N–H and O–H groups in total. The second-order valence-electron chi connectivity index (χ2n) is 7.78. The number of rotatable bonds is 6. The fraction of sp³-hybridized carbons (Fsp3) is 0.810. The predicted molar refractivity (Wildman–Crippen MR) is 143 cm³/mol. The molecule has 10 atom stereocenters. The third-order valence-electron chi connectivity index (χ3n) is 5.57. The third-order valence-corrected chi connectivity index (χ3v) is 5.57. The molecular weight excluding hydrogens is 525 g/mol. The lowest BCUT2D eigenvalue weighted by Crippen LogP contribution is -2.52. The molecule has 2 heterocycles. The smallest absolute Gasteiger partial charge is 0.184 e. The van der Waals surface area contributed by atoms with Crippen LogP contribution in [0.15, 0.2) is 25.3 Å². The molecule has 194 valence electrons. The minimum atomic E-state index is -0.791. The van der Waals surface area contributed by atoms with Gasteiger partial charge in [-0.1, -0.05) is 32.9 Å². The molecule has 0 bridgehead atoms. The number of aliphatic hydroxyl groups excluding tert-OH is 3. The van der Waals surface area contributed by atoms with Gasteiger partial charge in [0, 0.05) is 65.5 Å². The van der Waals surface area contributed by atoms with Crippen molar-refractivity contribution in [3.63, 3.8) is 0 Å². The van der Waals surface area contributed by atoms with Crippen LogP contribution in [0.25, 0.3) is 0 Å². The van der Waals surface area contributed by atoms with Crippen LogP contribution in [0.4, 0.5) is 0 Å². The predicted octanol–water partition coefficient (Wildman–Crippen LogP) is 1.85. The Labute approximate surface area is 221 Å². The summed E-state index contributed by atoms with van der Waals surface area (Å²) in [7, 11) is 0.917. The highest BCUT2D eigenvalue weighted by Gasteiger charge is 2.40. The van der Waals surface area contributed by atoms with Crippen LogP contribution >= 0.6 is 0 Å². The minimum absolute atomic E-state index is 0.156. The minimum Gasteiger partial charge on any atom is -0.390 e. The van der Waals surface area contributed by atoms with Gasteiger partial charge < -0.3 is 34.3 Å². The molecule has 0 spiro atoms. The van der Waals surface area contributed by atoms with Crippen LogP contribution in [-0.2, 0) is 72.6 Å². The Morgan fingerprint density at radius 3 is 1.52 bits per heavy atom. The summed E-state index contributed by atoms with van der Waals surface area (Å²) in [5.74, 6) is 0.170. The summed E-state index contributed by atoms with van der Waals surface area (Å²) in [6.45, 7) is 17.4. The highest BCUT2D eigenvalue weighted by Crippen LogP contribution is 2.31. The Morgan fingerprint density at radius 2 is 1.09 bits per heavy atom. The van der Waals surface area contributed by atoms with Crippen molar-refractivity contribution in [2.24, 2.45) is 17.8 Å². The van der Waals surface area contributed by atoms with E-state index in [0.717, 1.165) is 8.88 Å². The highest BCUT2D eigenvalue weighted by molar-refractivity contribution is 8.37. The molecule has 0 amide bonds. The molecule has 33 heavy (non-hydrogen) atoms. The molecule has 0 aliphatic carbocycles. The van der Waals surface area contributed by atoms with Crippen molar-refractivity contribution in [3.05, 3.63) is 25.3 Å². The molecule has 0 aromatic heterocycles. The van der Waals surface area contributed by atoms with Crippen molar-refractivity contribution in [2.45, 2.75) is 77.7 Å². The topological polar surface area (TPSA) is 97.6 Å². The van der Waals surface area contributed by atoms with Crippen molar-refractivity contribution in [2.75, 3.05) is 13.2 Å². The zero-order chi connectivity index (χ0) is 26.1. The van der Waals surface area contributed by atoms with Gasteiger partial charge in [0.1, 0.15) is 6.10 Å². The Bertz CT molecular complexity index is 537. The molecule has 2 rings (SSSR count). The van der Waals surface area contributed by atoms with Crippen molar-refractivity contribution in [3.8, 4) is 0 Å². The van der Waals surface area contributed by atoms with Crippen LogP contribution in [0.5, 0.6) is 0 Å². The van der Waals surface area contributed by atoms with Gasteiger partial charge in [0.05, 0.1) is 37.6 Å². The van der Waals surface area contributed by atoms with Gasteiger partial charge >= 0.3 is 0 Å². The zero-order valence-electron chi connectivity index (χ0n) is 19.8. The van der Waals surface area contributed by atoms with Gasteiger partial charge in [0.2, 0.25) is 0 Å². The molecule has 0 saturated carbocycles. The molecule has 0 radical (unpaired) electrons. The van der Waals surface area contributed by atoms with E-state index in [9.17, 15) is 15.3 Å². The van der Waals surface area contributed by atoms with Gasteiger partial charge in [-0.05, 0) is 19.8 Å². The molecule has 0 aromatic carbocycles. The lowest BCUT2D eigenvalue weighted by Gasteiger charge is -2.40. The lowest BCUT2D eigenvalue weighted by molar-refractivity contribution is -0.275. The fourth-order valence-corrected chi connectivity index (χ4v) is 3.31. The summed E-state index contributed by atoms with van der Waals surface area (Å²) in [4.78, 5) is 0. The molecule has 7 nitrogen and oxygen atoms in total. The fourth-order valence-electron chi connectivity index (χ4n) is 3.31. The van der Waals surface area contributed by atoms with Crippen molar-refractivity contribution >= 4 is 53.6 Å². The van der Waals surface area contributed by atoms with Crippen LogP contribution in [0, 0.1) is 17.8 Å². The summed E-state index contributed by atoms with van der Waals surface area (Å²) in [5.41, 5.74) is 0. The maximum atomic E-state index is 9.76. The summed E-state index contributed by atoms with van der Waals surface area (Å²) in [6, 6.07) is 0. The van der Waals surface area contributed by atoms with E-state index in [0.29, 0.717) is 13.2 Å². The van der Waals surface area contributed by atoms with Gasteiger partial charge in [0.25, 0.3) is 0 Å². The second-order valence-corrected chi connectivity index (χ2v) is 9.55. The number of hydrogen-bond donors (Lipinski definition) is 3. The average molecular weight is 563 g/mol. The number of ether oxygens (including phenoxy) is 4. The normalized spacial score (nSPS) is 37.5. The third kappa shape index (κ3) is 12.7. The number of aliphatic hydroxyl groups is 3. The Morgan fingerprint density at radius 1 is 0.727 bits per heavy atom. The molecule has 2 fully saturated rings. The van der Waals surface area contributed by atoms with E-state index in [1.54, 1.807) is 26.0 Å². The molecular formula is C21H38O7S5. The SMILES string of the molecule is C=CCO[C@H]1OC(C)[C@H](O)C(C)[C@H]1C.C=CCO[C@H]1OC(C)[C@H](O)C(C)[C@H]1O.S=S.S=S=S. The largest absolute Gasteiger partial charge is 0.390 e. The Hall–Kier alpha value is 0.300. The molecule has 0 aromatic rings. The van der Waals surface area contributed by atoms with Gasteiger partial charge in [-0.15, -0.1) is 13.2 Å². The first kappa shape index (κ1) is 35.5. The molecule has 4 unspecified atom stereocenters. The van der Waals surface area contributed by atoms with Crippen molar-refractivity contribution in [1.29, 1.82) is 0 Å². The molecule has 2 aliphatic heterocycles. The van der Waals surface area contributed by atoms with Crippen molar-refractivity contribution < 1.29 is 34.3 Å². The van der Waals surface area contributed by atoms with E-state index in [-0.39, 0.29) is 36.3 Å². The van der Waals surface area contributed by atoms with Gasteiger partial charge in [-0.3, -0.25) is 0 Å². The van der Waals surface area contributed by atoms with E-state index in [1.165, 1.54) is 0 Å². The van der Waals surface area contributed by atoms with Crippen LogP contribution in [-0.4, -0.2) is 71.6 Å². The van der Waals surface area contributed by atoms with E-state index >= 15 is 0 Å². The summed E-state index contributed by atoms with van der Waals surface area (Å²) in [6.07, 6.45) is 0.109. The number of hydrogen-bond acceptors (Lipinski definition) is 11. The first-order valence-electron chi connectivity index (χ1n) is 10.5. The van der Waals surface area contributed by atoms with Crippen LogP contribution in [0.1, 0.15) is 34.6 Å². The first-order chi connectivity index (χ1) is 15.6. The van der Waals surface area contributed by atoms with E-state index in [4.69, 9.17) is 18.9 Å². The van der Waals surface area contributed by atoms with Crippen molar-refractivity contribution in [1.82, 2.24) is 0 Å².